The van der Waals surface area contributed by atoms with E-state index in [1.165, 1.54) is 41.8 Å². The van der Waals surface area contributed by atoms with Crippen molar-refractivity contribution in [3.63, 3.8) is 0 Å². The van der Waals surface area contributed by atoms with Gasteiger partial charge in [0.1, 0.15) is 10.7 Å². The molecule has 2 aromatic carbocycles. The summed E-state index contributed by atoms with van der Waals surface area (Å²) in [7, 11) is -2.25. The van der Waals surface area contributed by atoms with E-state index in [2.05, 4.69) is 15.3 Å². The molecule has 0 unspecified atom stereocenters. The number of carbonyl (C=O) groups excluding carboxylic acids is 1. The maximum Gasteiger partial charge on any atom is 0.267 e. The van der Waals surface area contributed by atoms with Crippen molar-refractivity contribution in [3.8, 4) is 11.3 Å². The third kappa shape index (κ3) is 3.68. The minimum Gasteiger partial charge on any atom is -0.325 e. The lowest BCUT2D eigenvalue weighted by atomic mass is 10.1. The first-order valence-electron chi connectivity index (χ1n) is 8.50. The number of thioether (sulfide) groups is 1. The molecule has 0 radical (unpaired) electrons. The first-order valence-corrected chi connectivity index (χ1v) is 10.9. The van der Waals surface area contributed by atoms with E-state index in [0.29, 0.717) is 22.6 Å². The van der Waals surface area contributed by atoms with Gasteiger partial charge in [-0.15, -0.1) is 0 Å². The Bertz CT molecular complexity index is 1200. The van der Waals surface area contributed by atoms with Gasteiger partial charge in [-0.25, -0.2) is 22.8 Å². The summed E-state index contributed by atoms with van der Waals surface area (Å²) >= 11 is 1.08. The molecule has 3 aromatic rings. The SMILES string of the molecule is CN1c2ccccc2-c2nc(SCC(=O)Nc3ccc(F)cc3)ncc2S1(=O)=O. The van der Waals surface area contributed by atoms with Gasteiger partial charge in [0.05, 0.1) is 23.3 Å². The standard InChI is InChI=1S/C19H15FN4O3S2/c1-24-15-5-3-2-4-14(15)18-16(29(24,26)27)10-21-19(23-18)28-11-17(25)22-13-8-6-12(20)7-9-13/h2-10H,11H2,1H3,(H,22,25). The van der Waals surface area contributed by atoms with Gasteiger partial charge in [0.2, 0.25) is 5.91 Å². The van der Waals surface area contributed by atoms with E-state index in [-0.39, 0.29) is 27.5 Å². The van der Waals surface area contributed by atoms with Crippen LogP contribution in [0.25, 0.3) is 11.3 Å². The van der Waals surface area contributed by atoms with Crippen molar-refractivity contribution in [1.82, 2.24) is 9.97 Å². The van der Waals surface area contributed by atoms with Crippen LogP contribution in [-0.4, -0.2) is 37.1 Å². The zero-order chi connectivity index (χ0) is 20.6. The van der Waals surface area contributed by atoms with Gasteiger partial charge in [-0.05, 0) is 30.3 Å². The number of hydrogen-bond acceptors (Lipinski definition) is 6. The molecule has 0 saturated heterocycles. The van der Waals surface area contributed by atoms with Crippen LogP contribution >= 0.6 is 11.8 Å². The van der Waals surface area contributed by atoms with E-state index in [0.717, 1.165) is 11.8 Å². The molecule has 1 aliphatic rings. The number of nitrogens with one attached hydrogen (secondary N) is 1. The smallest absolute Gasteiger partial charge is 0.267 e. The molecule has 1 aromatic heterocycles. The molecule has 4 rings (SSSR count). The number of anilines is 2. The maximum absolute atomic E-state index is 12.9. The fraction of sp³-hybridized carbons (Fsp3) is 0.105. The molecule has 1 amide bonds. The van der Waals surface area contributed by atoms with E-state index in [9.17, 15) is 17.6 Å². The van der Waals surface area contributed by atoms with Crippen molar-refractivity contribution in [2.75, 3.05) is 22.4 Å². The monoisotopic (exact) mass is 430 g/mol. The van der Waals surface area contributed by atoms with Gasteiger partial charge < -0.3 is 5.32 Å². The molecule has 0 saturated carbocycles. The van der Waals surface area contributed by atoms with E-state index in [1.54, 1.807) is 24.3 Å². The summed E-state index contributed by atoms with van der Waals surface area (Å²) in [6.45, 7) is 0. The number of aromatic nitrogens is 2. The summed E-state index contributed by atoms with van der Waals surface area (Å²) in [5, 5.41) is 2.94. The van der Waals surface area contributed by atoms with Gasteiger partial charge in [-0.2, -0.15) is 0 Å². The molecule has 0 aliphatic carbocycles. The van der Waals surface area contributed by atoms with Crippen LogP contribution in [0.4, 0.5) is 15.8 Å². The summed E-state index contributed by atoms with van der Waals surface area (Å²) in [6.07, 6.45) is 1.27. The molecule has 29 heavy (non-hydrogen) atoms. The lowest BCUT2D eigenvalue weighted by molar-refractivity contribution is -0.113. The predicted octanol–water partition coefficient (Wildman–Crippen LogP) is 3.15. The number of halogens is 1. The van der Waals surface area contributed by atoms with Crippen molar-refractivity contribution < 1.29 is 17.6 Å². The predicted molar refractivity (Wildman–Crippen MR) is 109 cm³/mol. The fourth-order valence-electron chi connectivity index (χ4n) is 2.89. The minimum absolute atomic E-state index is 0.0183. The lowest BCUT2D eigenvalue weighted by Crippen LogP contribution is -2.31. The Kier molecular flexibility index (Phi) is 4.97. The van der Waals surface area contributed by atoms with E-state index in [1.807, 2.05) is 0 Å². The van der Waals surface area contributed by atoms with Crippen molar-refractivity contribution in [2.24, 2.45) is 0 Å². The van der Waals surface area contributed by atoms with Crippen LogP contribution in [0.5, 0.6) is 0 Å². The largest absolute Gasteiger partial charge is 0.325 e. The molecular weight excluding hydrogens is 415 g/mol. The summed E-state index contributed by atoms with van der Waals surface area (Å²) in [5.41, 5.74) is 2.00. The highest BCUT2D eigenvalue weighted by Crippen LogP contribution is 2.41. The number of benzene rings is 2. The number of nitrogens with zero attached hydrogens (tertiary/aromatic N) is 3. The molecule has 0 bridgehead atoms. The van der Waals surface area contributed by atoms with Gasteiger partial charge in [0, 0.05) is 18.3 Å². The van der Waals surface area contributed by atoms with Gasteiger partial charge in [0.25, 0.3) is 10.0 Å². The van der Waals surface area contributed by atoms with Crippen LogP contribution < -0.4 is 9.62 Å². The topological polar surface area (TPSA) is 92.3 Å². The summed E-state index contributed by atoms with van der Waals surface area (Å²) in [5.74, 6) is -0.679. The van der Waals surface area contributed by atoms with E-state index >= 15 is 0 Å². The lowest BCUT2D eigenvalue weighted by Gasteiger charge is -2.28. The van der Waals surface area contributed by atoms with Crippen LogP contribution in [-0.2, 0) is 14.8 Å². The highest BCUT2D eigenvalue weighted by molar-refractivity contribution is 7.99. The van der Waals surface area contributed by atoms with Gasteiger partial charge in [-0.3, -0.25) is 9.10 Å². The Hall–Kier alpha value is -2.98. The van der Waals surface area contributed by atoms with Crippen molar-refractivity contribution >= 4 is 39.1 Å². The number of hydrogen-bond donors (Lipinski definition) is 1. The number of rotatable bonds is 4. The summed E-state index contributed by atoms with van der Waals surface area (Å²) < 4.78 is 39.6. The number of amides is 1. The summed E-state index contributed by atoms with van der Waals surface area (Å²) in [4.78, 5) is 20.6. The Morgan fingerprint density at radius 3 is 2.66 bits per heavy atom. The molecular formula is C19H15FN4O3S2. The van der Waals surface area contributed by atoms with Crippen LogP contribution in [0.15, 0.2) is 64.8 Å². The average molecular weight is 430 g/mol. The van der Waals surface area contributed by atoms with Crippen LogP contribution in [0, 0.1) is 5.82 Å². The fourth-order valence-corrected chi connectivity index (χ4v) is 4.81. The summed E-state index contributed by atoms with van der Waals surface area (Å²) in [6, 6.07) is 12.5. The first-order chi connectivity index (χ1) is 13.9. The molecule has 1 N–H and O–H groups in total. The number of carbonyl (C=O) groups is 1. The van der Waals surface area contributed by atoms with E-state index in [4.69, 9.17) is 0 Å². The molecule has 0 fully saturated rings. The zero-order valence-electron chi connectivity index (χ0n) is 15.2. The molecule has 10 heteroatoms. The molecule has 7 nitrogen and oxygen atoms in total. The third-order valence-electron chi connectivity index (χ3n) is 4.33. The number of sulfonamides is 1. The van der Waals surface area contributed by atoms with Crippen molar-refractivity contribution in [2.45, 2.75) is 10.1 Å². The molecule has 0 atom stereocenters. The molecule has 148 valence electrons. The Morgan fingerprint density at radius 2 is 1.90 bits per heavy atom. The van der Waals surface area contributed by atoms with Gasteiger partial charge in [0.15, 0.2) is 5.16 Å². The normalized spacial score (nSPS) is 14.1. The number of para-hydroxylation sites is 1. The third-order valence-corrected chi connectivity index (χ3v) is 6.96. The van der Waals surface area contributed by atoms with Crippen LogP contribution in [0.3, 0.4) is 0 Å². The average Bonchev–Trinajstić information content (AvgIpc) is 2.72. The van der Waals surface area contributed by atoms with Gasteiger partial charge in [-0.1, -0.05) is 30.0 Å². The van der Waals surface area contributed by atoms with Gasteiger partial charge >= 0.3 is 0 Å². The highest BCUT2D eigenvalue weighted by atomic mass is 32.2. The first kappa shape index (κ1) is 19.3. The quantitative estimate of drug-likeness (QED) is 0.505. The minimum atomic E-state index is -3.74. The second-order valence-electron chi connectivity index (χ2n) is 6.20. The second-order valence-corrected chi connectivity index (χ2v) is 9.08. The molecule has 2 heterocycles. The second kappa shape index (κ2) is 7.45. The number of fused-ring (bicyclic) bond motifs is 3. The van der Waals surface area contributed by atoms with Crippen LogP contribution in [0.2, 0.25) is 0 Å². The highest BCUT2D eigenvalue weighted by Gasteiger charge is 2.34. The molecule has 0 spiro atoms. The zero-order valence-corrected chi connectivity index (χ0v) is 16.8. The van der Waals surface area contributed by atoms with Crippen molar-refractivity contribution in [3.05, 3.63) is 60.5 Å². The van der Waals surface area contributed by atoms with E-state index < -0.39 is 10.0 Å². The maximum atomic E-state index is 12.9. The Labute approximate surface area is 171 Å². The molecule has 1 aliphatic heterocycles. The Balaban J connectivity index is 1.56. The van der Waals surface area contributed by atoms with Crippen molar-refractivity contribution in [1.29, 1.82) is 0 Å². The van der Waals surface area contributed by atoms with Crippen LogP contribution in [0.1, 0.15) is 0 Å². The Morgan fingerprint density at radius 1 is 1.17 bits per heavy atom.